The molecule has 1 fully saturated rings. The van der Waals surface area contributed by atoms with E-state index in [-0.39, 0.29) is 18.3 Å². The summed E-state index contributed by atoms with van der Waals surface area (Å²) in [5, 5.41) is 6.14. The first kappa shape index (κ1) is 16.3. The zero-order chi connectivity index (χ0) is 14.7. The average Bonchev–Trinajstić information content (AvgIpc) is 2.95. The van der Waals surface area contributed by atoms with E-state index in [1.807, 2.05) is 37.6 Å². The van der Waals surface area contributed by atoms with Gasteiger partial charge in [0.25, 0.3) is 5.91 Å². The van der Waals surface area contributed by atoms with Gasteiger partial charge in [-0.15, -0.1) is 12.4 Å². The Morgan fingerprint density at radius 1 is 1.27 bits per heavy atom. The van der Waals surface area contributed by atoms with Crippen LogP contribution in [0.4, 0.5) is 11.5 Å². The van der Waals surface area contributed by atoms with Crippen LogP contribution in [-0.2, 0) is 7.05 Å². The Kier molecular flexibility index (Phi) is 5.41. The highest BCUT2D eigenvalue weighted by Gasteiger charge is 2.12. The van der Waals surface area contributed by atoms with E-state index < -0.39 is 0 Å². The molecule has 1 amide bonds. The number of piperazine rings is 1. The normalized spacial score (nSPS) is 14.3. The predicted molar refractivity (Wildman–Crippen MR) is 89.9 cm³/mol. The highest BCUT2D eigenvalue weighted by molar-refractivity contribution is 6.02. The Labute approximate surface area is 135 Å². The topological polar surface area (TPSA) is 62.2 Å². The fourth-order valence-corrected chi connectivity index (χ4v) is 2.45. The molecule has 0 saturated carbocycles. The van der Waals surface area contributed by atoms with E-state index in [0.29, 0.717) is 11.5 Å². The van der Waals surface area contributed by atoms with Crippen LogP contribution in [0.3, 0.4) is 0 Å². The largest absolute Gasteiger partial charge is 0.368 e. The van der Waals surface area contributed by atoms with Crippen molar-refractivity contribution in [3.05, 3.63) is 42.4 Å². The second-order valence-corrected chi connectivity index (χ2v) is 5.10. The predicted octanol–water partition coefficient (Wildman–Crippen LogP) is 1.50. The molecular formula is C15H20ClN5O. The van der Waals surface area contributed by atoms with Gasteiger partial charge in [0, 0.05) is 39.4 Å². The van der Waals surface area contributed by atoms with Crippen LogP contribution in [0.15, 0.2) is 36.7 Å². The SMILES string of the molecule is Cl.Cn1cccc1C(=O)Nc1ccc(N2CCNCC2)cn1. The van der Waals surface area contributed by atoms with Gasteiger partial charge in [0.1, 0.15) is 11.5 Å². The lowest BCUT2D eigenvalue weighted by Crippen LogP contribution is -2.43. The standard InChI is InChI=1S/C15H19N5O.ClH/c1-19-8-2-3-13(19)15(21)18-14-5-4-12(11-17-14)20-9-6-16-7-10-20;/h2-5,8,11,16H,6-7,9-10H2,1H3,(H,17,18,21);1H. The summed E-state index contributed by atoms with van der Waals surface area (Å²) in [7, 11) is 1.84. The number of pyridine rings is 1. The van der Waals surface area contributed by atoms with Crippen molar-refractivity contribution in [1.82, 2.24) is 14.9 Å². The van der Waals surface area contributed by atoms with Gasteiger partial charge in [-0.25, -0.2) is 4.98 Å². The van der Waals surface area contributed by atoms with Gasteiger partial charge >= 0.3 is 0 Å². The van der Waals surface area contributed by atoms with Crippen LogP contribution in [0.25, 0.3) is 0 Å². The molecule has 0 unspecified atom stereocenters. The van der Waals surface area contributed by atoms with Gasteiger partial charge in [0.05, 0.1) is 11.9 Å². The minimum atomic E-state index is -0.148. The van der Waals surface area contributed by atoms with Gasteiger partial charge in [0.15, 0.2) is 0 Å². The second-order valence-electron chi connectivity index (χ2n) is 5.10. The molecule has 0 aliphatic carbocycles. The lowest BCUT2D eigenvalue weighted by molar-refractivity contribution is 0.101. The number of halogens is 1. The first-order valence-electron chi connectivity index (χ1n) is 7.08. The number of aryl methyl sites for hydroxylation is 1. The van der Waals surface area contributed by atoms with Crippen LogP contribution >= 0.6 is 12.4 Å². The second kappa shape index (κ2) is 7.29. The first-order chi connectivity index (χ1) is 10.2. The minimum absolute atomic E-state index is 0. The van der Waals surface area contributed by atoms with E-state index in [0.717, 1.165) is 31.9 Å². The van der Waals surface area contributed by atoms with Gasteiger partial charge in [-0.05, 0) is 24.3 Å². The fraction of sp³-hybridized carbons (Fsp3) is 0.333. The number of carbonyl (C=O) groups is 1. The number of rotatable bonds is 3. The van der Waals surface area contributed by atoms with E-state index in [4.69, 9.17) is 0 Å². The van der Waals surface area contributed by atoms with Crippen LogP contribution in [0.1, 0.15) is 10.5 Å². The van der Waals surface area contributed by atoms with Gasteiger partial charge in [-0.3, -0.25) is 4.79 Å². The number of hydrogen-bond acceptors (Lipinski definition) is 4. The molecule has 2 aromatic rings. The van der Waals surface area contributed by atoms with E-state index in [2.05, 4.69) is 20.5 Å². The van der Waals surface area contributed by atoms with Crippen LogP contribution in [-0.4, -0.2) is 41.6 Å². The van der Waals surface area contributed by atoms with Crippen molar-refractivity contribution in [2.45, 2.75) is 0 Å². The van der Waals surface area contributed by atoms with Crippen molar-refractivity contribution in [2.75, 3.05) is 36.4 Å². The molecule has 1 aliphatic rings. The van der Waals surface area contributed by atoms with E-state index >= 15 is 0 Å². The monoisotopic (exact) mass is 321 g/mol. The third-order valence-electron chi connectivity index (χ3n) is 3.65. The van der Waals surface area contributed by atoms with Crippen LogP contribution in [0.2, 0.25) is 0 Å². The summed E-state index contributed by atoms with van der Waals surface area (Å²) in [5.74, 6) is 0.421. The van der Waals surface area contributed by atoms with Crippen LogP contribution in [0.5, 0.6) is 0 Å². The molecule has 0 radical (unpaired) electrons. The quantitative estimate of drug-likeness (QED) is 0.899. The molecule has 2 aromatic heterocycles. The summed E-state index contributed by atoms with van der Waals surface area (Å²) >= 11 is 0. The molecule has 1 saturated heterocycles. The third kappa shape index (κ3) is 3.58. The van der Waals surface area contributed by atoms with Crippen molar-refractivity contribution in [2.24, 2.45) is 7.05 Å². The van der Waals surface area contributed by atoms with Crippen molar-refractivity contribution in [3.63, 3.8) is 0 Å². The molecule has 0 bridgehead atoms. The maximum atomic E-state index is 12.1. The van der Waals surface area contributed by atoms with Crippen molar-refractivity contribution in [1.29, 1.82) is 0 Å². The summed E-state index contributed by atoms with van der Waals surface area (Å²) in [6.45, 7) is 3.95. The summed E-state index contributed by atoms with van der Waals surface area (Å²) in [5.41, 5.74) is 1.70. The molecule has 1 aliphatic heterocycles. The number of hydrogen-bond donors (Lipinski definition) is 2. The Hall–Kier alpha value is -2.05. The molecule has 22 heavy (non-hydrogen) atoms. The Morgan fingerprint density at radius 3 is 2.64 bits per heavy atom. The van der Waals surface area contributed by atoms with Gasteiger partial charge in [-0.1, -0.05) is 0 Å². The summed E-state index contributed by atoms with van der Waals surface area (Å²) < 4.78 is 1.78. The molecule has 3 rings (SSSR count). The van der Waals surface area contributed by atoms with Gasteiger partial charge < -0.3 is 20.1 Å². The van der Waals surface area contributed by atoms with Crippen LogP contribution < -0.4 is 15.5 Å². The van der Waals surface area contributed by atoms with Crippen molar-refractivity contribution >= 4 is 29.8 Å². The molecule has 0 atom stereocenters. The molecule has 2 N–H and O–H groups in total. The van der Waals surface area contributed by atoms with E-state index in [1.54, 1.807) is 10.6 Å². The fourth-order valence-electron chi connectivity index (χ4n) is 2.45. The lowest BCUT2D eigenvalue weighted by Gasteiger charge is -2.29. The minimum Gasteiger partial charge on any atom is -0.368 e. The number of anilines is 2. The van der Waals surface area contributed by atoms with Gasteiger partial charge in [0.2, 0.25) is 0 Å². The summed E-state index contributed by atoms with van der Waals surface area (Å²) in [4.78, 5) is 18.7. The molecule has 0 spiro atoms. The van der Waals surface area contributed by atoms with Crippen molar-refractivity contribution in [3.8, 4) is 0 Å². The number of carbonyl (C=O) groups excluding carboxylic acids is 1. The zero-order valence-electron chi connectivity index (χ0n) is 12.5. The number of aromatic nitrogens is 2. The maximum Gasteiger partial charge on any atom is 0.273 e. The average molecular weight is 322 g/mol. The Balaban J connectivity index is 0.00000176. The molecule has 118 valence electrons. The number of nitrogens with one attached hydrogen (secondary N) is 2. The highest BCUT2D eigenvalue weighted by atomic mass is 35.5. The first-order valence-corrected chi connectivity index (χ1v) is 7.08. The van der Waals surface area contributed by atoms with Crippen molar-refractivity contribution < 1.29 is 4.79 Å². The van der Waals surface area contributed by atoms with Crippen LogP contribution in [0, 0.1) is 0 Å². The summed E-state index contributed by atoms with van der Waals surface area (Å²) in [6, 6.07) is 7.47. The Bertz CT molecular complexity index is 619. The third-order valence-corrected chi connectivity index (χ3v) is 3.65. The maximum absolute atomic E-state index is 12.1. The Morgan fingerprint density at radius 2 is 2.05 bits per heavy atom. The number of amides is 1. The number of nitrogens with zero attached hydrogens (tertiary/aromatic N) is 3. The summed E-state index contributed by atoms with van der Waals surface area (Å²) in [6.07, 6.45) is 3.65. The zero-order valence-corrected chi connectivity index (χ0v) is 13.3. The lowest BCUT2D eigenvalue weighted by atomic mass is 10.3. The highest BCUT2D eigenvalue weighted by Crippen LogP contribution is 2.16. The molecular weight excluding hydrogens is 302 g/mol. The van der Waals surface area contributed by atoms with E-state index in [1.165, 1.54) is 0 Å². The molecule has 0 aromatic carbocycles. The molecule has 6 nitrogen and oxygen atoms in total. The smallest absolute Gasteiger partial charge is 0.273 e. The molecule has 3 heterocycles. The van der Waals surface area contributed by atoms with Gasteiger partial charge in [-0.2, -0.15) is 0 Å². The van der Waals surface area contributed by atoms with E-state index in [9.17, 15) is 4.79 Å². The molecule has 7 heteroatoms.